The molecule has 1 heterocycles. The summed E-state index contributed by atoms with van der Waals surface area (Å²) in [5, 5.41) is 3.70. The smallest absolute Gasteiger partial charge is 0.413 e. The summed E-state index contributed by atoms with van der Waals surface area (Å²) in [6.07, 6.45) is 1.14. The van der Waals surface area contributed by atoms with Crippen LogP contribution in [0.15, 0.2) is 36.4 Å². The second-order valence-electron chi connectivity index (χ2n) is 4.36. The highest BCUT2D eigenvalue weighted by Crippen LogP contribution is 2.15. The van der Waals surface area contributed by atoms with E-state index in [0.717, 1.165) is 23.7 Å². The van der Waals surface area contributed by atoms with Crippen LogP contribution >= 0.6 is 0 Å². The van der Waals surface area contributed by atoms with E-state index in [1.807, 2.05) is 44.2 Å². The van der Waals surface area contributed by atoms with Crippen LogP contribution in [0, 0.1) is 0 Å². The molecule has 1 amide bonds. The van der Waals surface area contributed by atoms with E-state index in [-0.39, 0.29) is 6.10 Å². The molecule has 0 unspecified atom stereocenters. The molecule has 1 N–H and O–H groups in total. The number of fused-ring (bicyclic) bond motifs is 1. The van der Waals surface area contributed by atoms with Gasteiger partial charge in [0.1, 0.15) is 11.9 Å². The standard InChI is InChI=1S/C15H18N2O2/c1-3-12(4-2)19-15(18)17-14-10-9-11-7-5-6-8-13(11)16-14/h5-10,12H,3-4H2,1-2H3,(H,16,17,18). The molecule has 2 rings (SSSR count). The summed E-state index contributed by atoms with van der Waals surface area (Å²) in [5.41, 5.74) is 0.850. The zero-order chi connectivity index (χ0) is 13.7. The third-order valence-corrected chi connectivity index (χ3v) is 3.01. The van der Waals surface area contributed by atoms with E-state index in [9.17, 15) is 4.79 Å². The fourth-order valence-electron chi connectivity index (χ4n) is 1.88. The van der Waals surface area contributed by atoms with Gasteiger partial charge in [-0.05, 0) is 31.0 Å². The summed E-state index contributed by atoms with van der Waals surface area (Å²) in [4.78, 5) is 16.1. The molecule has 0 saturated carbocycles. The van der Waals surface area contributed by atoms with Gasteiger partial charge < -0.3 is 4.74 Å². The van der Waals surface area contributed by atoms with Crippen LogP contribution < -0.4 is 5.32 Å². The molecule has 100 valence electrons. The van der Waals surface area contributed by atoms with Gasteiger partial charge in [0.05, 0.1) is 5.52 Å². The molecular weight excluding hydrogens is 240 g/mol. The second-order valence-corrected chi connectivity index (χ2v) is 4.36. The number of aromatic nitrogens is 1. The van der Waals surface area contributed by atoms with E-state index in [1.54, 1.807) is 6.07 Å². The number of amides is 1. The minimum atomic E-state index is -0.448. The lowest BCUT2D eigenvalue weighted by atomic mass is 10.2. The average molecular weight is 258 g/mol. The summed E-state index contributed by atoms with van der Waals surface area (Å²) in [6.45, 7) is 3.99. The van der Waals surface area contributed by atoms with E-state index in [4.69, 9.17) is 4.74 Å². The van der Waals surface area contributed by atoms with Crippen molar-refractivity contribution in [3.63, 3.8) is 0 Å². The molecule has 1 aromatic heterocycles. The number of rotatable bonds is 4. The normalized spacial score (nSPS) is 10.7. The first-order chi connectivity index (χ1) is 9.22. The molecule has 0 atom stereocenters. The van der Waals surface area contributed by atoms with E-state index < -0.39 is 6.09 Å². The summed E-state index contributed by atoms with van der Waals surface area (Å²) in [5.74, 6) is 0.509. The van der Waals surface area contributed by atoms with Crippen LogP contribution in [0.3, 0.4) is 0 Å². The minimum Gasteiger partial charge on any atom is -0.446 e. The number of hydrogen-bond donors (Lipinski definition) is 1. The zero-order valence-corrected chi connectivity index (χ0v) is 11.2. The number of hydrogen-bond acceptors (Lipinski definition) is 3. The second kappa shape index (κ2) is 6.18. The minimum absolute atomic E-state index is 0.0412. The highest BCUT2D eigenvalue weighted by Gasteiger charge is 2.11. The number of carbonyl (C=O) groups excluding carboxylic acids is 1. The van der Waals surface area contributed by atoms with Gasteiger partial charge in [-0.2, -0.15) is 0 Å². The van der Waals surface area contributed by atoms with Crippen LogP contribution in [-0.4, -0.2) is 17.2 Å². The molecule has 19 heavy (non-hydrogen) atoms. The molecule has 1 aromatic carbocycles. The highest BCUT2D eigenvalue weighted by molar-refractivity contribution is 5.86. The van der Waals surface area contributed by atoms with Crippen molar-refractivity contribution in [2.75, 3.05) is 5.32 Å². The molecule has 0 radical (unpaired) electrons. The van der Waals surface area contributed by atoms with Gasteiger partial charge >= 0.3 is 6.09 Å². The van der Waals surface area contributed by atoms with E-state index in [2.05, 4.69) is 10.3 Å². The van der Waals surface area contributed by atoms with Gasteiger partial charge in [-0.15, -0.1) is 0 Å². The Morgan fingerprint density at radius 3 is 2.68 bits per heavy atom. The lowest BCUT2D eigenvalue weighted by Crippen LogP contribution is -2.21. The number of nitrogens with one attached hydrogen (secondary N) is 1. The number of para-hydroxylation sites is 1. The molecule has 0 fully saturated rings. The number of nitrogens with zero attached hydrogens (tertiary/aromatic N) is 1. The van der Waals surface area contributed by atoms with Crippen molar-refractivity contribution >= 4 is 22.8 Å². The van der Waals surface area contributed by atoms with Crippen LogP contribution in [0.4, 0.5) is 10.6 Å². The van der Waals surface area contributed by atoms with Crippen LogP contribution in [-0.2, 0) is 4.74 Å². The fraction of sp³-hybridized carbons (Fsp3) is 0.333. The van der Waals surface area contributed by atoms with Gasteiger partial charge in [0, 0.05) is 5.39 Å². The number of anilines is 1. The van der Waals surface area contributed by atoms with Crippen molar-refractivity contribution in [3.05, 3.63) is 36.4 Å². The molecular formula is C15H18N2O2. The van der Waals surface area contributed by atoms with Gasteiger partial charge in [-0.25, -0.2) is 9.78 Å². The lowest BCUT2D eigenvalue weighted by Gasteiger charge is -2.14. The van der Waals surface area contributed by atoms with E-state index in [0.29, 0.717) is 5.82 Å². The lowest BCUT2D eigenvalue weighted by molar-refractivity contribution is 0.106. The SMILES string of the molecule is CCC(CC)OC(=O)Nc1ccc2ccccc2n1. The molecule has 0 bridgehead atoms. The van der Waals surface area contributed by atoms with Gasteiger partial charge in [0.25, 0.3) is 0 Å². The first-order valence-corrected chi connectivity index (χ1v) is 6.56. The van der Waals surface area contributed by atoms with Crippen LogP contribution in [0.25, 0.3) is 10.9 Å². The van der Waals surface area contributed by atoms with Crippen molar-refractivity contribution in [3.8, 4) is 0 Å². The Bertz CT molecular complexity index is 565. The molecule has 4 nitrogen and oxygen atoms in total. The molecule has 0 spiro atoms. The third kappa shape index (κ3) is 3.44. The third-order valence-electron chi connectivity index (χ3n) is 3.01. The van der Waals surface area contributed by atoms with Crippen molar-refractivity contribution in [2.45, 2.75) is 32.8 Å². The Balaban J connectivity index is 2.06. The molecule has 0 aliphatic carbocycles. The van der Waals surface area contributed by atoms with Crippen molar-refractivity contribution < 1.29 is 9.53 Å². The summed E-state index contributed by atoms with van der Waals surface area (Å²) in [6, 6.07) is 11.5. The Kier molecular flexibility index (Phi) is 4.34. The number of ether oxygens (including phenoxy) is 1. The van der Waals surface area contributed by atoms with Gasteiger partial charge in [0.2, 0.25) is 0 Å². The van der Waals surface area contributed by atoms with Crippen molar-refractivity contribution in [2.24, 2.45) is 0 Å². The fourth-order valence-corrected chi connectivity index (χ4v) is 1.88. The quantitative estimate of drug-likeness (QED) is 0.902. The highest BCUT2D eigenvalue weighted by atomic mass is 16.6. The first-order valence-electron chi connectivity index (χ1n) is 6.56. The summed E-state index contributed by atoms with van der Waals surface area (Å²) >= 11 is 0. The number of pyridine rings is 1. The maximum Gasteiger partial charge on any atom is 0.413 e. The average Bonchev–Trinajstić information content (AvgIpc) is 2.44. The van der Waals surface area contributed by atoms with Gasteiger partial charge in [-0.1, -0.05) is 32.0 Å². The van der Waals surface area contributed by atoms with E-state index >= 15 is 0 Å². The number of carbonyl (C=O) groups is 1. The predicted octanol–water partition coefficient (Wildman–Crippen LogP) is 3.97. The van der Waals surface area contributed by atoms with Crippen LogP contribution in [0.1, 0.15) is 26.7 Å². The molecule has 2 aromatic rings. The van der Waals surface area contributed by atoms with Gasteiger partial charge in [-0.3, -0.25) is 5.32 Å². The Labute approximate surface area is 112 Å². The topological polar surface area (TPSA) is 51.2 Å². The molecule has 4 heteroatoms. The monoisotopic (exact) mass is 258 g/mol. The van der Waals surface area contributed by atoms with E-state index in [1.165, 1.54) is 0 Å². The Hall–Kier alpha value is -2.10. The molecule has 0 aliphatic rings. The first kappa shape index (κ1) is 13.3. The van der Waals surface area contributed by atoms with Crippen LogP contribution in [0.5, 0.6) is 0 Å². The predicted molar refractivity (Wildman–Crippen MR) is 76.2 cm³/mol. The summed E-state index contributed by atoms with van der Waals surface area (Å²) in [7, 11) is 0. The Morgan fingerprint density at radius 2 is 1.95 bits per heavy atom. The zero-order valence-electron chi connectivity index (χ0n) is 11.2. The van der Waals surface area contributed by atoms with Gasteiger partial charge in [0.15, 0.2) is 0 Å². The van der Waals surface area contributed by atoms with Crippen molar-refractivity contribution in [1.82, 2.24) is 4.98 Å². The maximum absolute atomic E-state index is 11.7. The van der Waals surface area contributed by atoms with Crippen LogP contribution in [0.2, 0.25) is 0 Å². The number of benzene rings is 1. The Morgan fingerprint density at radius 1 is 1.21 bits per heavy atom. The summed E-state index contributed by atoms with van der Waals surface area (Å²) < 4.78 is 5.27. The van der Waals surface area contributed by atoms with Crippen molar-refractivity contribution in [1.29, 1.82) is 0 Å². The molecule has 0 aliphatic heterocycles. The maximum atomic E-state index is 11.7. The molecule has 0 saturated heterocycles. The largest absolute Gasteiger partial charge is 0.446 e.